The minimum atomic E-state index is -1.45. The molecule has 3 aromatic rings. The largest absolute Gasteiger partial charge is 0.493 e. The van der Waals surface area contributed by atoms with Crippen molar-refractivity contribution in [3.05, 3.63) is 44.4 Å². The minimum Gasteiger partial charge on any atom is -0.493 e. The third-order valence-corrected chi connectivity index (χ3v) is 7.20. The van der Waals surface area contributed by atoms with E-state index >= 15 is 0 Å². The molecule has 1 aromatic carbocycles. The van der Waals surface area contributed by atoms with Gasteiger partial charge in [0, 0.05) is 32.7 Å². The van der Waals surface area contributed by atoms with Crippen LogP contribution in [0.25, 0.3) is 22.4 Å². The molecule has 0 amide bonds. The van der Waals surface area contributed by atoms with Gasteiger partial charge >= 0.3 is 0 Å². The van der Waals surface area contributed by atoms with Gasteiger partial charge in [0.2, 0.25) is 0 Å². The first-order valence-electron chi connectivity index (χ1n) is 11.7. The lowest BCUT2D eigenvalue weighted by molar-refractivity contribution is -0.757. The molecule has 4 rings (SSSR count). The minimum absolute atomic E-state index is 0.0404. The highest BCUT2D eigenvalue weighted by atomic mass is 32.2. The molecule has 14 heteroatoms. The molecule has 1 fully saturated rings. The maximum Gasteiger partial charge on any atom is 0.294 e. The van der Waals surface area contributed by atoms with Crippen LogP contribution in [0.2, 0.25) is 0 Å². The van der Waals surface area contributed by atoms with Crippen LogP contribution in [0, 0.1) is 10.1 Å². The van der Waals surface area contributed by atoms with E-state index in [0.717, 1.165) is 12.1 Å². The van der Waals surface area contributed by atoms with Gasteiger partial charge in [0.05, 0.1) is 22.8 Å². The highest BCUT2D eigenvalue weighted by molar-refractivity contribution is 7.82. The Balaban J connectivity index is 1.58. The number of hydrogen-bond acceptors (Lipinski definition) is 9. The van der Waals surface area contributed by atoms with Crippen LogP contribution < -0.4 is 15.6 Å². The summed E-state index contributed by atoms with van der Waals surface area (Å²) in [6.07, 6.45) is 1.56. The topological polar surface area (TPSA) is 158 Å². The number of nitrogens with one attached hydrogen (secondary N) is 2. The van der Waals surface area contributed by atoms with E-state index in [2.05, 4.69) is 20.2 Å². The second-order valence-corrected chi connectivity index (χ2v) is 9.81. The standard InChI is InChI=1S/C22H29N7O6S/c1-4-6-17-19-20(27(3)26-17)22(30)25-21(24-19)16-11-15(7-8-18(16)34-5-2)36(33)28-12-14(13-28)23-9-10-35-29(31)32/h7-8,11,14,23H,4-6,9-10,12-13H2,1-3H3,(H,24,25,30). The van der Waals surface area contributed by atoms with Crippen molar-refractivity contribution < 1.29 is 18.9 Å². The third kappa shape index (κ3) is 5.39. The van der Waals surface area contributed by atoms with Crippen LogP contribution in [-0.2, 0) is 29.3 Å². The zero-order valence-electron chi connectivity index (χ0n) is 20.4. The predicted molar refractivity (Wildman–Crippen MR) is 132 cm³/mol. The summed E-state index contributed by atoms with van der Waals surface area (Å²) in [5.41, 5.74) is 1.94. The van der Waals surface area contributed by atoms with Crippen molar-refractivity contribution in [1.29, 1.82) is 0 Å². The molecule has 1 aliphatic heterocycles. The van der Waals surface area contributed by atoms with Gasteiger partial charge in [0.1, 0.15) is 34.7 Å². The zero-order chi connectivity index (χ0) is 25.8. The van der Waals surface area contributed by atoms with Crippen molar-refractivity contribution in [1.82, 2.24) is 29.4 Å². The smallest absolute Gasteiger partial charge is 0.294 e. The molecule has 3 heterocycles. The maximum absolute atomic E-state index is 13.2. The number of ether oxygens (including phenoxy) is 1. The highest BCUT2D eigenvalue weighted by Crippen LogP contribution is 2.32. The lowest BCUT2D eigenvalue weighted by Crippen LogP contribution is -2.58. The molecule has 0 saturated carbocycles. The monoisotopic (exact) mass is 519 g/mol. The predicted octanol–water partition coefficient (Wildman–Crippen LogP) is 1.18. The van der Waals surface area contributed by atoms with Crippen LogP contribution in [0.5, 0.6) is 5.75 Å². The molecule has 36 heavy (non-hydrogen) atoms. The Labute approximate surface area is 209 Å². The summed E-state index contributed by atoms with van der Waals surface area (Å²) >= 11 is 0. The number of aromatic nitrogens is 4. The van der Waals surface area contributed by atoms with Gasteiger partial charge in [-0.2, -0.15) is 5.10 Å². The summed E-state index contributed by atoms with van der Waals surface area (Å²) in [4.78, 5) is 35.6. The Bertz CT molecular complexity index is 1330. The molecular formula is C22H29N7O6S. The molecule has 0 aliphatic carbocycles. The van der Waals surface area contributed by atoms with Crippen LogP contribution in [-0.4, -0.2) is 72.2 Å². The van der Waals surface area contributed by atoms with Crippen molar-refractivity contribution in [2.24, 2.45) is 7.05 Å². The summed E-state index contributed by atoms with van der Waals surface area (Å²) in [6, 6.07) is 5.26. The van der Waals surface area contributed by atoms with Gasteiger partial charge in [0.15, 0.2) is 5.52 Å². The first-order chi connectivity index (χ1) is 17.3. The van der Waals surface area contributed by atoms with E-state index < -0.39 is 16.1 Å². The number of nitrogens with zero attached hydrogens (tertiary/aromatic N) is 5. The molecule has 1 atom stereocenters. The van der Waals surface area contributed by atoms with Gasteiger partial charge in [-0.1, -0.05) is 13.3 Å². The van der Waals surface area contributed by atoms with Crippen LogP contribution in [0.3, 0.4) is 0 Å². The van der Waals surface area contributed by atoms with Gasteiger partial charge in [-0.15, -0.1) is 10.1 Å². The third-order valence-electron chi connectivity index (χ3n) is 5.77. The SMILES string of the molecule is CCCc1nn(C)c2c(=O)[nH]c(-c3cc(S(=O)N4CC(NCCO[N+](=O)[O-])C4)ccc3OCC)nc12. The fraction of sp³-hybridized carbons (Fsp3) is 0.500. The Morgan fingerprint density at radius 3 is 2.81 bits per heavy atom. The number of aryl methyl sites for hydroxylation is 2. The Hall–Kier alpha value is -3.36. The van der Waals surface area contributed by atoms with Crippen LogP contribution in [0.1, 0.15) is 26.0 Å². The molecular weight excluding hydrogens is 490 g/mol. The lowest BCUT2D eigenvalue weighted by Gasteiger charge is -2.38. The molecule has 1 aliphatic rings. The van der Waals surface area contributed by atoms with Crippen LogP contribution in [0.15, 0.2) is 27.9 Å². The van der Waals surface area contributed by atoms with Crippen molar-refractivity contribution in [3.63, 3.8) is 0 Å². The summed E-state index contributed by atoms with van der Waals surface area (Å²) in [6.45, 7) is 5.64. The maximum atomic E-state index is 13.2. The molecule has 13 nitrogen and oxygen atoms in total. The van der Waals surface area contributed by atoms with Crippen molar-refractivity contribution in [2.75, 3.05) is 32.8 Å². The molecule has 0 bridgehead atoms. The first-order valence-corrected chi connectivity index (χ1v) is 12.8. The number of hydrogen-bond donors (Lipinski definition) is 2. The first kappa shape index (κ1) is 25.7. The van der Waals surface area contributed by atoms with Crippen LogP contribution in [0.4, 0.5) is 0 Å². The molecule has 2 N–H and O–H groups in total. The number of benzene rings is 1. The van der Waals surface area contributed by atoms with Gasteiger partial charge in [-0.05, 0) is 31.5 Å². The summed E-state index contributed by atoms with van der Waals surface area (Å²) < 4.78 is 22.3. The fourth-order valence-corrected chi connectivity index (χ4v) is 5.43. The van der Waals surface area contributed by atoms with Gasteiger partial charge in [-0.3, -0.25) is 9.48 Å². The van der Waals surface area contributed by atoms with E-state index in [9.17, 15) is 19.1 Å². The Morgan fingerprint density at radius 1 is 1.33 bits per heavy atom. The van der Waals surface area contributed by atoms with Crippen molar-refractivity contribution >= 4 is 22.0 Å². The van der Waals surface area contributed by atoms with Crippen LogP contribution >= 0.6 is 0 Å². The normalized spacial score (nSPS) is 15.1. The summed E-state index contributed by atoms with van der Waals surface area (Å²) in [7, 11) is 0.274. The summed E-state index contributed by atoms with van der Waals surface area (Å²) in [5, 5.41) is 17.0. The molecule has 2 aromatic heterocycles. The van der Waals surface area contributed by atoms with E-state index in [0.29, 0.717) is 65.7 Å². The molecule has 1 unspecified atom stereocenters. The van der Waals surface area contributed by atoms with E-state index in [1.807, 2.05) is 13.8 Å². The highest BCUT2D eigenvalue weighted by Gasteiger charge is 2.31. The molecule has 194 valence electrons. The van der Waals surface area contributed by atoms with Gasteiger partial charge in [0.25, 0.3) is 10.6 Å². The fourth-order valence-electron chi connectivity index (χ4n) is 4.10. The Kier molecular flexibility index (Phi) is 7.96. The van der Waals surface area contributed by atoms with Gasteiger partial charge in [-0.25, -0.2) is 13.5 Å². The molecule has 1 saturated heterocycles. The number of fused-ring (bicyclic) bond motifs is 1. The van der Waals surface area contributed by atoms with E-state index in [1.165, 1.54) is 0 Å². The zero-order valence-corrected chi connectivity index (χ0v) is 21.2. The van der Waals surface area contributed by atoms with Crippen molar-refractivity contribution in [3.8, 4) is 17.1 Å². The average Bonchev–Trinajstić information content (AvgIpc) is 3.13. The summed E-state index contributed by atoms with van der Waals surface area (Å²) in [5.74, 6) is 0.852. The second-order valence-electron chi connectivity index (χ2n) is 8.33. The van der Waals surface area contributed by atoms with Gasteiger partial charge < -0.3 is 19.9 Å². The molecule has 0 radical (unpaired) electrons. The van der Waals surface area contributed by atoms with E-state index in [4.69, 9.17) is 9.72 Å². The lowest BCUT2D eigenvalue weighted by atomic mass is 10.1. The quantitative estimate of drug-likeness (QED) is 0.204. The van der Waals surface area contributed by atoms with Crippen molar-refractivity contribution in [2.45, 2.75) is 37.6 Å². The van der Waals surface area contributed by atoms with E-state index in [1.54, 1.807) is 34.2 Å². The second kappa shape index (κ2) is 11.1. The molecule has 0 spiro atoms. The number of H-pyrrole nitrogens is 1. The Morgan fingerprint density at radius 2 is 2.11 bits per heavy atom. The average molecular weight is 520 g/mol. The van der Waals surface area contributed by atoms with E-state index in [-0.39, 0.29) is 18.2 Å². The number of rotatable bonds is 12. The number of aromatic amines is 1.